The van der Waals surface area contributed by atoms with Crippen LogP contribution in [0.5, 0.6) is 5.75 Å². The van der Waals surface area contributed by atoms with Gasteiger partial charge in [-0.1, -0.05) is 231 Å². The lowest BCUT2D eigenvalue weighted by Crippen LogP contribution is -2.27. The molecule has 0 spiro atoms. The first-order valence-corrected chi connectivity index (χ1v) is 24.0. The molecule has 3 nitrogen and oxygen atoms in total. The molecule has 1 aliphatic carbocycles. The lowest BCUT2D eigenvalue weighted by atomic mass is 9.76. The Labute approximate surface area is 409 Å². The molecule has 2 aliphatic rings. The van der Waals surface area contributed by atoms with Crippen molar-refractivity contribution in [1.82, 2.24) is 0 Å². The number of para-hydroxylation sites is 4. The summed E-state index contributed by atoms with van der Waals surface area (Å²) in [7, 11) is 0. The van der Waals surface area contributed by atoms with Gasteiger partial charge in [0.15, 0.2) is 5.58 Å². The van der Waals surface area contributed by atoms with Gasteiger partial charge in [-0.3, -0.25) is 0 Å². The minimum absolute atomic E-state index is 0.00395. The van der Waals surface area contributed by atoms with E-state index in [0.717, 1.165) is 67.0 Å². The van der Waals surface area contributed by atoms with Crippen LogP contribution in [0.25, 0.3) is 61.4 Å². The maximum Gasteiger partial charge on any atom is 0.159 e. The van der Waals surface area contributed by atoms with E-state index in [2.05, 4.69) is 260 Å². The van der Waals surface area contributed by atoms with Gasteiger partial charge >= 0.3 is 0 Å². The van der Waals surface area contributed by atoms with Crippen LogP contribution in [0.2, 0.25) is 0 Å². The summed E-state index contributed by atoms with van der Waals surface area (Å²) < 4.78 is 13.2. The zero-order chi connectivity index (χ0) is 46.8. The monoisotopic (exact) mass is 899 g/mol. The van der Waals surface area contributed by atoms with E-state index in [9.17, 15) is 0 Å². The van der Waals surface area contributed by atoms with Crippen molar-refractivity contribution in [2.75, 3.05) is 4.90 Å². The Balaban J connectivity index is 0.778. The van der Waals surface area contributed by atoms with Crippen molar-refractivity contribution in [2.24, 2.45) is 0 Å². The van der Waals surface area contributed by atoms with Gasteiger partial charge in [0.25, 0.3) is 0 Å². The van der Waals surface area contributed by atoms with Crippen molar-refractivity contribution < 1.29 is 9.15 Å². The first-order valence-electron chi connectivity index (χ1n) is 24.0. The van der Waals surface area contributed by atoms with Gasteiger partial charge in [-0.15, -0.1) is 0 Å². The van der Waals surface area contributed by atoms with Crippen LogP contribution < -0.4 is 9.64 Å². The smallest absolute Gasteiger partial charge is 0.159 e. The van der Waals surface area contributed by atoms with Gasteiger partial charge in [-0.05, 0) is 98.1 Å². The van der Waals surface area contributed by atoms with Crippen molar-refractivity contribution in [3.63, 3.8) is 0 Å². The van der Waals surface area contributed by atoms with Crippen LogP contribution in [0, 0.1) is 0 Å². The van der Waals surface area contributed by atoms with Gasteiger partial charge in [0, 0.05) is 39.5 Å². The average Bonchev–Trinajstić information content (AvgIpc) is 4.01. The fraction of sp³-hybridized carbons (Fsp3) is 0.0448. The molecule has 0 bridgehead atoms. The Morgan fingerprint density at radius 2 is 1.14 bits per heavy atom. The van der Waals surface area contributed by atoms with Crippen molar-refractivity contribution in [1.29, 1.82) is 0 Å². The molecule has 12 rings (SSSR count). The van der Waals surface area contributed by atoms with Crippen molar-refractivity contribution in [2.45, 2.75) is 17.9 Å². The average molecular weight is 900 g/mol. The zero-order valence-electron chi connectivity index (χ0n) is 38.6. The quantitative estimate of drug-likeness (QED) is 0.114. The van der Waals surface area contributed by atoms with Crippen LogP contribution in [0.15, 0.2) is 283 Å². The zero-order valence-corrected chi connectivity index (χ0v) is 38.6. The predicted octanol–water partition coefficient (Wildman–Crippen LogP) is 18.0. The SMILES string of the molecule is C=C/C(=C\C=C\c1ccc(-c2ccccc2-c2ccc(-c3ccc(N(c4ccccc4)c4cccc5c4oc4ccccc45)cc3)cc2)cc1)C(C1=CC=CC2c3ccccc3OC12)c1ccccc1. The van der Waals surface area contributed by atoms with E-state index >= 15 is 0 Å². The summed E-state index contributed by atoms with van der Waals surface area (Å²) in [6.45, 7) is 4.30. The number of hydrogen-bond acceptors (Lipinski definition) is 3. The third-order valence-electron chi connectivity index (χ3n) is 13.8. The number of anilines is 3. The maximum atomic E-state index is 6.65. The molecule has 0 amide bonds. The molecule has 70 heavy (non-hydrogen) atoms. The van der Waals surface area contributed by atoms with Gasteiger partial charge in [0.05, 0.1) is 5.69 Å². The highest BCUT2D eigenvalue weighted by atomic mass is 16.5. The van der Waals surface area contributed by atoms with Gasteiger partial charge in [-0.25, -0.2) is 0 Å². The fourth-order valence-electron chi connectivity index (χ4n) is 10.5. The molecule has 0 saturated heterocycles. The standard InChI is InChI=1S/C67H49NO2/c1-2-47(65(52-19-5-3-6-20-52)61-30-16-28-59-57-26-11-13-32-63(57)69-66(59)61)21-15-18-46-34-36-50(37-35-46)55-24-9-10-25-56(55)51-40-38-48(39-41-51)49-42-44-54(45-43-49)68(53-22-7-4-8-23-53)62-31-17-29-60-58-27-12-14-33-64(58)70-67(60)62/h2-45,59,65-66H,1H2/b18-15+,47-21+. The number of rotatable bonds is 12. The molecule has 9 aromatic carbocycles. The van der Waals surface area contributed by atoms with Crippen molar-refractivity contribution in [3.05, 3.63) is 295 Å². The lowest BCUT2D eigenvalue weighted by molar-refractivity contribution is 0.249. The summed E-state index contributed by atoms with van der Waals surface area (Å²) in [6, 6.07) is 79.5. The van der Waals surface area contributed by atoms with Gasteiger partial charge in [0.2, 0.25) is 0 Å². The Morgan fingerprint density at radius 1 is 0.543 bits per heavy atom. The molecule has 1 aliphatic heterocycles. The fourth-order valence-corrected chi connectivity index (χ4v) is 10.5. The van der Waals surface area contributed by atoms with Crippen LogP contribution in [0.3, 0.4) is 0 Å². The molecule has 10 aromatic rings. The van der Waals surface area contributed by atoms with Crippen LogP contribution in [-0.4, -0.2) is 6.10 Å². The minimum atomic E-state index is -0.0685. The number of furan rings is 1. The summed E-state index contributed by atoms with van der Waals surface area (Å²) in [5.41, 5.74) is 17.9. The highest BCUT2D eigenvalue weighted by molar-refractivity contribution is 6.10. The second kappa shape index (κ2) is 18.6. The third kappa shape index (κ3) is 7.98. The predicted molar refractivity (Wildman–Crippen MR) is 292 cm³/mol. The lowest BCUT2D eigenvalue weighted by Gasteiger charge is -2.30. The Kier molecular flexibility index (Phi) is 11.3. The molecule has 334 valence electrons. The number of hydrogen-bond donors (Lipinski definition) is 0. The molecule has 3 atom stereocenters. The second-order valence-electron chi connectivity index (χ2n) is 17.9. The van der Waals surface area contributed by atoms with Gasteiger partial charge in [-0.2, -0.15) is 0 Å². The number of benzene rings is 9. The summed E-state index contributed by atoms with van der Waals surface area (Å²) in [5, 5.41) is 2.22. The molecule has 1 aromatic heterocycles. The number of nitrogens with zero attached hydrogens (tertiary/aromatic N) is 1. The number of ether oxygens (including phenoxy) is 1. The Morgan fingerprint density at radius 3 is 1.89 bits per heavy atom. The summed E-state index contributed by atoms with van der Waals surface area (Å²) >= 11 is 0. The normalized spacial score (nSPS) is 15.6. The molecule has 3 heteroatoms. The Hall–Kier alpha value is -8.92. The molecule has 2 heterocycles. The first-order chi connectivity index (χ1) is 34.7. The second-order valence-corrected chi connectivity index (χ2v) is 17.9. The molecule has 0 N–H and O–H groups in total. The van der Waals surface area contributed by atoms with Crippen LogP contribution in [0.1, 0.15) is 28.5 Å². The minimum Gasteiger partial charge on any atom is -0.485 e. The van der Waals surface area contributed by atoms with Gasteiger partial charge < -0.3 is 14.1 Å². The van der Waals surface area contributed by atoms with E-state index in [1.54, 1.807) is 0 Å². The summed E-state index contributed by atoms with van der Waals surface area (Å²) in [4.78, 5) is 2.28. The van der Waals surface area contributed by atoms with E-state index in [1.807, 2.05) is 18.2 Å². The van der Waals surface area contributed by atoms with E-state index < -0.39 is 0 Å². The molecule has 0 radical (unpaired) electrons. The van der Waals surface area contributed by atoms with Crippen molar-refractivity contribution >= 4 is 45.1 Å². The summed E-state index contributed by atoms with van der Waals surface area (Å²) in [5.74, 6) is 1.15. The first kappa shape index (κ1) is 42.4. The third-order valence-corrected chi connectivity index (χ3v) is 13.8. The van der Waals surface area contributed by atoms with E-state index in [0.29, 0.717) is 0 Å². The van der Waals surface area contributed by atoms with Gasteiger partial charge in [0.1, 0.15) is 17.4 Å². The highest BCUT2D eigenvalue weighted by Gasteiger charge is 2.39. The Bertz CT molecular complexity index is 3630. The molecule has 0 fully saturated rings. The van der Waals surface area contributed by atoms with Crippen LogP contribution >= 0.6 is 0 Å². The number of allylic oxidation sites excluding steroid dienone is 6. The largest absolute Gasteiger partial charge is 0.485 e. The molecule has 0 saturated carbocycles. The maximum absolute atomic E-state index is 6.65. The van der Waals surface area contributed by atoms with E-state index in [-0.39, 0.29) is 17.9 Å². The van der Waals surface area contributed by atoms with Crippen LogP contribution in [0.4, 0.5) is 17.1 Å². The number of fused-ring (bicyclic) bond motifs is 6. The van der Waals surface area contributed by atoms with Crippen molar-refractivity contribution in [3.8, 4) is 39.1 Å². The summed E-state index contributed by atoms with van der Waals surface area (Å²) in [6.07, 6.45) is 15.1. The topological polar surface area (TPSA) is 25.6 Å². The van der Waals surface area contributed by atoms with E-state index in [1.165, 1.54) is 39.0 Å². The molecule has 3 unspecified atom stereocenters. The van der Waals surface area contributed by atoms with Crippen LogP contribution in [-0.2, 0) is 0 Å². The highest BCUT2D eigenvalue weighted by Crippen LogP contribution is 2.49. The molecular formula is C67H49NO2. The van der Waals surface area contributed by atoms with E-state index in [4.69, 9.17) is 9.15 Å². The molecular weight excluding hydrogens is 851 g/mol.